The molecule has 3 saturated carbocycles. The second kappa shape index (κ2) is 7.95. The van der Waals surface area contributed by atoms with Crippen LogP contribution in [0.25, 0.3) is 0 Å². The van der Waals surface area contributed by atoms with Gasteiger partial charge >= 0.3 is 0 Å². The summed E-state index contributed by atoms with van der Waals surface area (Å²) >= 11 is 0. The minimum absolute atomic E-state index is 0.00624. The van der Waals surface area contributed by atoms with Gasteiger partial charge in [0.1, 0.15) is 0 Å². The summed E-state index contributed by atoms with van der Waals surface area (Å²) in [5.74, 6) is 2.67. The number of rotatable bonds is 5. The van der Waals surface area contributed by atoms with Crippen LogP contribution in [0.3, 0.4) is 0 Å². The topological polar surface area (TPSA) is 40.5 Å². The van der Waals surface area contributed by atoms with Gasteiger partial charge in [0.15, 0.2) is 0 Å². The molecular weight excluding hydrogens is 404 g/mol. The van der Waals surface area contributed by atoms with Crippen LogP contribution in [0.2, 0.25) is 0 Å². The lowest BCUT2D eigenvalue weighted by molar-refractivity contribution is -0.131. The van der Waals surface area contributed by atoms with Gasteiger partial charge in [-0.15, -0.1) is 0 Å². The largest absolute Gasteiger partial charge is 0.393 e. The molecule has 2 heteroatoms. The van der Waals surface area contributed by atoms with Gasteiger partial charge in [-0.1, -0.05) is 59.8 Å². The molecule has 0 bridgehead atoms. The Bertz CT molecular complexity index is 815. The van der Waals surface area contributed by atoms with Crippen LogP contribution in [0.1, 0.15) is 113 Å². The number of fused-ring (bicyclic) bond motifs is 5. The van der Waals surface area contributed by atoms with E-state index in [1.54, 1.807) is 5.57 Å². The fourth-order valence-corrected chi connectivity index (χ4v) is 9.56. The molecule has 8 atom stereocenters. The predicted octanol–water partition coefficient (Wildman–Crippen LogP) is 7.70. The molecule has 33 heavy (non-hydrogen) atoms. The number of aliphatic hydroxyl groups is 2. The first-order valence-corrected chi connectivity index (χ1v) is 13.9. The molecule has 2 N–H and O–H groups in total. The summed E-state index contributed by atoms with van der Waals surface area (Å²) in [7, 11) is 0. The fraction of sp³-hybridized carbons (Fsp3) is 0.871. The van der Waals surface area contributed by atoms with Crippen molar-refractivity contribution in [3.8, 4) is 0 Å². The maximum absolute atomic E-state index is 10.8. The van der Waals surface area contributed by atoms with Gasteiger partial charge in [-0.25, -0.2) is 0 Å². The maximum Gasteiger partial charge on any atom is 0.0798 e. The van der Waals surface area contributed by atoms with Crippen LogP contribution < -0.4 is 0 Å². The molecular formula is C31H52O2. The van der Waals surface area contributed by atoms with Crippen LogP contribution >= 0.6 is 0 Å². The molecule has 4 rings (SSSR count). The van der Waals surface area contributed by atoms with Crippen LogP contribution in [-0.2, 0) is 0 Å². The van der Waals surface area contributed by atoms with E-state index in [4.69, 9.17) is 0 Å². The normalized spacial score (nSPS) is 45.5. The van der Waals surface area contributed by atoms with E-state index in [0.717, 1.165) is 37.2 Å². The lowest BCUT2D eigenvalue weighted by atomic mass is 9.41. The van der Waals surface area contributed by atoms with Crippen molar-refractivity contribution in [1.82, 2.24) is 0 Å². The molecule has 0 amide bonds. The Morgan fingerprint density at radius 1 is 1.09 bits per heavy atom. The van der Waals surface area contributed by atoms with Crippen molar-refractivity contribution in [3.63, 3.8) is 0 Å². The average molecular weight is 457 g/mol. The Morgan fingerprint density at radius 3 is 2.39 bits per heavy atom. The Morgan fingerprint density at radius 2 is 1.76 bits per heavy atom. The number of allylic oxidation sites excluding steroid dienone is 2. The molecule has 0 aromatic heterocycles. The van der Waals surface area contributed by atoms with Crippen LogP contribution in [0.15, 0.2) is 23.8 Å². The monoisotopic (exact) mass is 456 g/mol. The van der Waals surface area contributed by atoms with E-state index in [1.807, 2.05) is 13.8 Å². The Kier molecular flexibility index (Phi) is 6.14. The highest BCUT2D eigenvalue weighted by Crippen LogP contribution is 2.73. The highest BCUT2D eigenvalue weighted by Gasteiger charge is 2.65. The second-order valence-corrected chi connectivity index (χ2v) is 14.5. The zero-order valence-corrected chi connectivity index (χ0v) is 22.9. The van der Waals surface area contributed by atoms with Gasteiger partial charge in [-0.3, -0.25) is 0 Å². The number of hydrogen-bond acceptors (Lipinski definition) is 2. The molecule has 0 radical (unpaired) electrons. The first kappa shape index (κ1) is 25.5. The molecule has 0 aliphatic heterocycles. The van der Waals surface area contributed by atoms with E-state index in [0.29, 0.717) is 34.0 Å². The van der Waals surface area contributed by atoms with Crippen LogP contribution in [0.5, 0.6) is 0 Å². The summed E-state index contributed by atoms with van der Waals surface area (Å²) in [4.78, 5) is 0. The molecule has 4 aliphatic rings. The SMILES string of the molecule is C=C(CC[C@H](C)[C@@H]1CC[C@]2(C)C3=CC[C@H]4C(C)(C)[C@@H](O)CC[C@]4(C)[C@H]3CC[C@@]12C)C(C)(C)O. The molecule has 3 fully saturated rings. The zero-order chi connectivity index (χ0) is 24.6. The zero-order valence-electron chi connectivity index (χ0n) is 22.9. The van der Waals surface area contributed by atoms with Gasteiger partial charge in [0.2, 0.25) is 0 Å². The summed E-state index contributed by atoms with van der Waals surface area (Å²) < 4.78 is 0. The molecule has 0 spiro atoms. The first-order valence-electron chi connectivity index (χ1n) is 13.9. The van der Waals surface area contributed by atoms with Crippen molar-refractivity contribution in [2.24, 2.45) is 45.3 Å². The summed E-state index contributed by atoms with van der Waals surface area (Å²) in [5, 5.41) is 21.1. The third kappa shape index (κ3) is 3.64. The van der Waals surface area contributed by atoms with E-state index in [1.165, 1.54) is 32.1 Å². The lowest BCUT2D eigenvalue weighted by Gasteiger charge is -2.64. The van der Waals surface area contributed by atoms with Crippen LogP contribution in [0.4, 0.5) is 0 Å². The molecule has 0 saturated heterocycles. The van der Waals surface area contributed by atoms with Gasteiger partial charge < -0.3 is 10.2 Å². The van der Waals surface area contributed by atoms with E-state index in [-0.39, 0.29) is 11.5 Å². The van der Waals surface area contributed by atoms with Crippen LogP contribution in [-0.4, -0.2) is 21.9 Å². The third-order valence-corrected chi connectivity index (χ3v) is 12.3. The van der Waals surface area contributed by atoms with Crippen molar-refractivity contribution >= 4 is 0 Å². The quantitative estimate of drug-likeness (QED) is 0.416. The highest BCUT2D eigenvalue weighted by atomic mass is 16.3. The Labute approximate surface area is 204 Å². The van der Waals surface area contributed by atoms with Gasteiger partial charge in [0.25, 0.3) is 0 Å². The fourth-order valence-electron chi connectivity index (χ4n) is 9.56. The maximum atomic E-state index is 10.8. The van der Waals surface area contributed by atoms with Crippen molar-refractivity contribution in [1.29, 1.82) is 0 Å². The van der Waals surface area contributed by atoms with E-state index < -0.39 is 5.60 Å². The van der Waals surface area contributed by atoms with Gasteiger partial charge in [0, 0.05) is 0 Å². The molecule has 0 aromatic rings. The highest BCUT2D eigenvalue weighted by molar-refractivity contribution is 5.33. The van der Waals surface area contributed by atoms with E-state index in [2.05, 4.69) is 54.2 Å². The van der Waals surface area contributed by atoms with Gasteiger partial charge in [-0.2, -0.15) is 0 Å². The van der Waals surface area contributed by atoms with Crippen LogP contribution in [0, 0.1) is 45.3 Å². The van der Waals surface area contributed by atoms with Crippen molar-refractivity contribution < 1.29 is 10.2 Å². The minimum atomic E-state index is -0.772. The van der Waals surface area contributed by atoms with Crippen molar-refractivity contribution in [3.05, 3.63) is 23.8 Å². The smallest absolute Gasteiger partial charge is 0.0798 e. The van der Waals surface area contributed by atoms with E-state index >= 15 is 0 Å². The average Bonchev–Trinajstić information content (AvgIpc) is 3.00. The summed E-state index contributed by atoms with van der Waals surface area (Å²) in [5.41, 5.74) is 2.98. The molecule has 0 aromatic carbocycles. The first-order chi connectivity index (χ1) is 15.1. The second-order valence-electron chi connectivity index (χ2n) is 14.5. The molecule has 0 heterocycles. The molecule has 0 unspecified atom stereocenters. The molecule has 2 nitrogen and oxygen atoms in total. The van der Waals surface area contributed by atoms with Crippen molar-refractivity contribution in [2.45, 2.75) is 125 Å². The minimum Gasteiger partial charge on any atom is -0.393 e. The van der Waals surface area contributed by atoms with Gasteiger partial charge in [0.05, 0.1) is 11.7 Å². The lowest BCUT2D eigenvalue weighted by Crippen LogP contribution is -2.58. The standard InChI is InChI=1S/C31H52O2/c1-20(10-11-21(2)28(5,6)33)22-14-18-31(9)24-12-13-25-27(3,4)26(32)16-17-29(25,7)23(24)15-19-30(22,31)8/h12,20,22-23,25-26,32-33H,2,10-11,13-19H2,1,3-9H3/t20-,22-,23-,25-,26-,29+,30-,31+/m0/s1. The number of aliphatic hydroxyl groups excluding tert-OH is 1. The predicted molar refractivity (Wildman–Crippen MR) is 139 cm³/mol. The number of hydrogen-bond donors (Lipinski definition) is 2. The molecule has 188 valence electrons. The summed E-state index contributed by atoms with van der Waals surface area (Å²) in [6.07, 6.45) is 13.1. The van der Waals surface area contributed by atoms with E-state index in [9.17, 15) is 10.2 Å². The molecule has 4 aliphatic carbocycles. The summed E-state index contributed by atoms with van der Waals surface area (Å²) in [6, 6.07) is 0. The van der Waals surface area contributed by atoms with Crippen molar-refractivity contribution in [2.75, 3.05) is 0 Å². The Balaban J connectivity index is 1.59. The van der Waals surface area contributed by atoms with Gasteiger partial charge in [-0.05, 0) is 123 Å². The Hall–Kier alpha value is -0.600. The summed E-state index contributed by atoms with van der Waals surface area (Å²) in [6.45, 7) is 22.8. The third-order valence-electron chi connectivity index (χ3n) is 12.3.